The van der Waals surface area contributed by atoms with E-state index in [2.05, 4.69) is 32.2 Å². The molecule has 1 aromatic carbocycles. The molecule has 3 nitrogen and oxygen atoms in total. The zero-order valence-corrected chi connectivity index (χ0v) is 12.1. The predicted molar refractivity (Wildman–Crippen MR) is 75.3 cm³/mol. The molecular formula is C15H25NO2. The highest BCUT2D eigenvalue weighted by Crippen LogP contribution is 2.30. The van der Waals surface area contributed by atoms with Gasteiger partial charge in [0.25, 0.3) is 0 Å². The Labute approximate surface area is 110 Å². The lowest BCUT2D eigenvalue weighted by molar-refractivity contribution is 0.345. The minimum Gasteiger partial charge on any atom is -0.493 e. The largest absolute Gasteiger partial charge is 0.493 e. The molecule has 0 aliphatic rings. The minimum atomic E-state index is 0.529. The lowest BCUT2D eigenvalue weighted by atomic mass is 10.0. The summed E-state index contributed by atoms with van der Waals surface area (Å²) in [5.41, 5.74) is 1.14. The third-order valence-electron chi connectivity index (χ3n) is 3.28. The second-order valence-corrected chi connectivity index (χ2v) is 4.79. The Morgan fingerprint density at radius 2 is 1.89 bits per heavy atom. The monoisotopic (exact) mass is 251 g/mol. The number of ether oxygens (including phenoxy) is 2. The Balaban J connectivity index is 2.78. The van der Waals surface area contributed by atoms with Crippen LogP contribution in [0, 0.1) is 5.92 Å². The Hall–Kier alpha value is -1.22. The fourth-order valence-corrected chi connectivity index (χ4v) is 2.19. The summed E-state index contributed by atoms with van der Waals surface area (Å²) in [5, 5.41) is 3.58. The minimum absolute atomic E-state index is 0.529. The second-order valence-electron chi connectivity index (χ2n) is 4.79. The number of para-hydroxylation sites is 1. The molecule has 0 spiro atoms. The van der Waals surface area contributed by atoms with E-state index in [9.17, 15) is 0 Å². The first-order valence-corrected chi connectivity index (χ1v) is 6.57. The predicted octanol–water partition coefficient (Wildman–Crippen LogP) is 3.23. The topological polar surface area (TPSA) is 30.5 Å². The molecule has 1 aromatic rings. The molecule has 0 aliphatic heterocycles. The number of rotatable bonds is 7. The normalized spacial score (nSPS) is 12.6. The molecule has 1 atom stereocenters. The smallest absolute Gasteiger partial charge is 0.165 e. The van der Waals surface area contributed by atoms with Crippen molar-refractivity contribution in [3.63, 3.8) is 0 Å². The van der Waals surface area contributed by atoms with Crippen LogP contribution < -0.4 is 14.8 Å². The summed E-state index contributed by atoms with van der Waals surface area (Å²) in [4.78, 5) is 0. The summed E-state index contributed by atoms with van der Waals surface area (Å²) in [6, 6.07) is 6.51. The third kappa shape index (κ3) is 3.64. The Morgan fingerprint density at radius 1 is 1.17 bits per heavy atom. The van der Waals surface area contributed by atoms with Gasteiger partial charge in [0.2, 0.25) is 0 Å². The Bertz CT molecular complexity index is 364. The van der Waals surface area contributed by atoms with Gasteiger partial charge in [0, 0.05) is 18.2 Å². The van der Waals surface area contributed by atoms with Crippen LogP contribution in [0.2, 0.25) is 0 Å². The first kappa shape index (κ1) is 14.8. The number of hydrogen-bond donors (Lipinski definition) is 1. The maximum atomic E-state index is 5.43. The molecular weight excluding hydrogens is 226 g/mol. The molecule has 1 rings (SSSR count). The van der Waals surface area contributed by atoms with Gasteiger partial charge in [-0.15, -0.1) is 0 Å². The lowest BCUT2D eigenvalue weighted by Gasteiger charge is -2.21. The van der Waals surface area contributed by atoms with Gasteiger partial charge in [0.05, 0.1) is 14.2 Å². The van der Waals surface area contributed by atoms with Gasteiger partial charge in [0.1, 0.15) is 0 Å². The van der Waals surface area contributed by atoms with Crippen LogP contribution in [0.1, 0.15) is 32.8 Å². The molecule has 0 bridgehead atoms. The lowest BCUT2D eigenvalue weighted by Crippen LogP contribution is -2.32. The Morgan fingerprint density at radius 3 is 2.39 bits per heavy atom. The van der Waals surface area contributed by atoms with Crippen LogP contribution in [0.5, 0.6) is 11.5 Å². The number of methoxy groups -OCH3 is 2. The average Bonchev–Trinajstić information content (AvgIpc) is 2.38. The van der Waals surface area contributed by atoms with E-state index < -0.39 is 0 Å². The molecule has 1 N–H and O–H groups in total. The van der Waals surface area contributed by atoms with Gasteiger partial charge in [-0.1, -0.05) is 32.9 Å². The van der Waals surface area contributed by atoms with Crippen molar-refractivity contribution in [1.29, 1.82) is 0 Å². The summed E-state index contributed by atoms with van der Waals surface area (Å²) in [7, 11) is 3.35. The summed E-state index contributed by atoms with van der Waals surface area (Å²) in [6.45, 7) is 7.49. The first-order valence-electron chi connectivity index (χ1n) is 6.57. The zero-order chi connectivity index (χ0) is 13.5. The number of hydrogen-bond acceptors (Lipinski definition) is 3. The van der Waals surface area contributed by atoms with E-state index in [0.717, 1.165) is 30.0 Å². The van der Waals surface area contributed by atoms with Gasteiger partial charge in [-0.05, 0) is 18.4 Å². The van der Waals surface area contributed by atoms with Crippen molar-refractivity contribution in [2.75, 3.05) is 14.2 Å². The molecule has 18 heavy (non-hydrogen) atoms. The van der Waals surface area contributed by atoms with Crippen molar-refractivity contribution in [2.45, 2.75) is 39.8 Å². The van der Waals surface area contributed by atoms with Crippen molar-refractivity contribution < 1.29 is 9.47 Å². The van der Waals surface area contributed by atoms with Crippen molar-refractivity contribution in [3.8, 4) is 11.5 Å². The van der Waals surface area contributed by atoms with Gasteiger partial charge >= 0.3 is 0 Å². The maximum absolute atomic E-state index is 5.43. The summed E-state index contributed by atoms with van der Waals surface area (Å²) < 4.78 is 10.7. The molecule has 0 saturated heterocycles. The molecule has 0 aliphatic carbocycles. The molecule has 1 unspecified atom stereocenters. The van der Waals surface area contributed by atoms with E-state index in [1.54, 1.807) is 14.2 Å². The van der Waals surface area contributed by atoms with Crippen molar-refractivity contribution >= 4 is 0 Å². The molecule has 0 fully saturated rings. The molecule has 102 valence electrons. The van der Waals surface area contributed by atoms with Crippen molar-refractivity contribution in [2.24, 2.45) is 5.92 Å². The van der Waals surface area contributed by atoms with Gasteiger partial charge in [-0.25, -0.2) is 0 Å². The van der Waals surface area contributed by atoms with Crippen LogP contribution in [0.3, 0.4) is 0 Å². The van der Waals surface area contributed by atoms with Gasteiger partial charge in [-0.2, -0.15) is 0 Å². The highest BCUT2D eigenvalue weighted by atomic mass is 16.5. The standard InChI is InChI=1S/C15H25NO2/c1-6-13(11(2)3)16-10-12-8-7-9-14(17-4)15(12)18-5/h7-9,11,13,16H,6,10H2,1-5H3. The Kier molecular flexibility index (Phi) is 5.99. The molecule has 0 heterocycles. The summed E-state index contributed by atoms with van der Waals surface area (Å²) >= 11 is 0. The van der Waals surface area contributed by atoms with E-state index in [-0.39, 0.29) is 0 Å². The molecule has 3 heteroatoms. The van der Waals surface area contributed by atoms with Crippen LogP contribution in [0.4, 0.5) is 0 Å². The van der Waals surface area contributed by atoms with E-state index in [4.69, 9.17) is 9.47 Å². The molecule has 0 amide bonds. The maximum Gasteiger partial charge on any atom is 0.165 e. The van der Waals surface area contributed by atoms with Gasteiger partial charge in [-0.3, -0.25) is 0 Å². The fourth-order valence-electron chi connectivity index (χ4n) is 2.19. The van der Waals surface area contributed by atoms with E-state index >= 15 is 0 Å². The highest BCUT2D eigenvalue weighted by molar-refractivity contribution is 5.46. The quantitative estimate of drug-likeness (QED) is 0.807. The molecule has 0 aromatic heterocycles. The van der Waals surface area contributed by atoms with Gasteiger partial charge in [0.15, 0.2) is 11.5 Å². The van der Waals surface area contributed by atoms with Crippen LogP contribution in [-0.2, 0) is 6.54 Å². The van der Waals surface area contributed by atoms with E-state index in [0.29, 0.717) is 12.0 Å². The summed E-state index contributed by atoms with van der Waals surface area (Å²) in [5.74, 6) is 2.24. The van der Waals surface area contributed by atoms with Crippen LogP contribution in [-0.4, -0.2) is 20.3 Å². The zero-order valence-electron chi connectivity index (χ0n) is 12.1. The van der Waals surface area contributed by atoms with Gasteiger partial charge < -0.3 is 14.8 Å². The molecule has 0 radical (unpaired) electrons. The van der Waals surface area contributed by atoms with Crippen LogP contribution in [0.15, 0.2) is 18.2 Å². The second kappa shape index (κ2) is 7.27. The first-order chi connectivity index (χ1) is 8.63. The van der Waals surface area contributed by atoms with Crippen molar-refractivity contribution in [3.05, 3.63) is 23.8 Å². The number of benzene rings is 1. The van der Waals surface area contributed by atoms with E-state index in [1.165, 1.54) is 0 Å². The highest BCUT2D eigenvalue weighted by Gasteiger charge is 2.13. The molecule has 0 saturated carbocycles. The van der Waals surface area contributed by atoms with Crippen LogP contribution >= 0.6 is 0 Å². The fraction of sp³-hybridized carbons (Fsp3) is 0.600. The van der Waals surface area contributed by atoms with E-state index in [1.807, 2.05) is 12.1 Å². The SMILES string of the molecule is CCC(NCc1cccc(OC)c1OC)C(C)C. The average molecular weight is 251 g/mol. The van der Waals surface area contributed by atoms with Crippen molar-refractivity contribution in [1.82, 2.24) is 5.32 Å². The number of nitrogens with one attached hydrogen (secondary N) is 1. The van der Waals surface area contributed by atoms with Crippen LogP contribution in [0.25, 0.3) is 0 Å². The third-order valence-corrected chi connectivity index (χ3v) is 3.28. The summed E-state index contributed by atoms with van der Waals surface area (Å²) in [6.07, 6.45) is 1.13.